The number of aliphatic hydroxyl groups excluding tert-OH is 1. The van der Waals surface area contributed by atoms with E-state index in [-0.39, 0.29) is 0 Å². The van der Waals surface area contributed by atoms with Gasteiger partial charge in [-0.2, -0.15) is 4.37 Å². The Kier molecular flexibility index (Phi) is 5.34. The van der Waals surface area contributed by atoms with Crippen molar-refractivity contribution in [2.75, 3.05) is 25.6 Å². The normalized spacial score (nSPS) is 24.1. The lowest BCUT2D eigenvalue weighted by molar-refractivity contribution is 0.186. The summed E-state index contributed by atoms with van der Waals surface area (Å²) in [5.41, 5.74) is 0. The number of ether oxygens (including phenoxy) is 1. The molecule has 0 unspecified atom stereocenters. The minimum Gasteiger partial charge on any atom is -0.396 e. The summed E-state index contributed by atoms with van der Waals surface area (Å²) in [5, 5.41) is 13.5. The molecule has 0 spiro atoms. The third-order valence-corrected chi connectivity index (χ3v) is 4.11. The molecule has 0 saturated heterocycles. The van der Waals surface area contributed by atoms with E-state index in [1.54, 1.807) is 7.11 Å². The number of rotatable bonds is 6. The predicted octanol–water partition coefficient (Wildman–Crippen LogP) is 1.69. The molecular formula is C12H21N3O2S. The quantitative estimate of drug-likeness (QED) is 0.824. The highest BCUT2D eigenvalue weighted by atomic mass is 32.1. The summed E-state index contributed by atoms with van der Waals surface area (Å²) >= 11 is 1.42. The van der Waals surface area contributed by atoms with Gasteiger partial charge in [0.25, 0.3) is 0 Å². The van der Waals surface area contributed by atoms with Crippen LogP contribution in [0.3, 0.4) is 0 Å². The largest absolute Gasteiger partial charge is 0.396 e. The molecule has 1 heterocycles. The number of nitrogens with one attached hydrogen (secondary N) is 1. The topological polar surface area (TPSA) is 67.3 Å². The summed E-state index contributed by atoms with van der Waals surface area (Å²) in [6, 6.07) is 0.482. The van der Waals surface area contributed by atoms with Crippen LogP contribution in [0.25, 0.3) is 0 Å². The van der Waals surface area contributed by atoms with E-state index in [0.29, 0.717) is 25.2 Å². The van der Waals surface area contributed by atoms with E-state index in [1.165, 1.54) is 11.5 Å². The van der Waals surface area contributed by atoms with Gasteiger partial charge in [0.1, 0.15) is 5.82 Å². The van der Waals surface area contributed by atoms with Crippen LogP contribution in [0.2, 0.25) is 0 Å². The number of methoxy groups -OCH3 is 1. The Balaban J connectivity index is 1.77. The molecule has 1 aliphatic carbocycles. The monoisotopic (exact) mass is 271 g/mol. The van der Waals surface area contributed by atoms with E-state index in [1.807, 2.05) is 0 Å². The van der Waals surface area contributed by atoms with Gasteiger partial charge in [-0.1, -0.05) is 0 Å². The van der Waals surface area contributed by atoms with Gasteiger partial charge in [-0.05, 0) is 31.6 Å². The zero-order chi connectivity index (χ0) is 12.8. The zero-order valence-corrected chi connectivity index (χ0v) is 11.6. The van der Waals surface area contributed by atoms with Crippen molar-refractivity contribution in [3.63, 3.8) is 0 Å². The molecule has 6 heteroatoms. The van der Waals surface area contributed by atoms with Crippen LogP contribution in [0.15, 0.2) is 0 Å². The summed E-state index contributed by atoms with van der Waals surface area (Å²) < 4.78 is 9.31. The molecule has 0 atom stereocenters. The average Bonchev–Trinajstić information content (AvgIpc) is 2.85. The molecule has 0 amide bonds. The van der Waals surface area contributed by atoms with Gasteiger partial charge in [-0.15, -0.1) is 0 Å². The number of aliphatic hydroxyl groups is 1. The van der Waals surface area contributed by atoms with Crippen LogP contribution in [0.1, 0.15) is 31.5 Å². The molecule has 1 aliphatic rings. The minimum atomic E-state index is 0.326. The van der Waals surface area contributed by atoms with Crippen molar-refractivity contribution in [2.24, 2.45) is 5.92 Å². The lowest BCUT2D eigenvalue weighted by Crippen LogP contribution is -2.27. The van der Waals surface area contributed by atoms with E-state index < -0.39 is 0 Å². The summed E-state index contributed by atoms with van der Waals surface area (Å²) in [6.45, 7) is 0.991. The van der Waals surface area contributed by atoms with Crippen molar-refractivity contribution in [2.45, 2.75) is 38.1 Å². The predicted molar refractivity (Wildman–Crippen MR) is 71.9 cm³/mol. The number of hydrogen-bond donors (Lipinski definition) is 2. The smallest absolute Gasteiger partial charge is 0.202 e. The van der Waals surface area contributed by atoms with E-state index in [2.05, 4.69) is 14.7 Å². The first-order valence-corrected chi connectivity index (χ1v) is 7.28. The molecule has 0 radical (unpaired) electrons. The van der Waals surface area contributed by atoms with E-state index in [0.717, 1.165) is 43.1 Å². The third kappa shape index (κ3) is 3.90. The van der Waals surface area contributed by atoms with E-state index in [9.17, 15) is 0 Å². The minimum absolute atomic E-state index is 0.326. The fourth-order valence-corrected chi connectivity index (χ4v) is 2.96. The second-order valence-electron chi connectivity index (χ2n) is 4.80. The van der Waals surface area contributed by atoms with Crippen LogP contribution in [-0.2, 0) is 11.2 Å². The average molecular weight is 271 g/mol. The summed E-state index contributed by atoms with van der Waals surface area (Å²) in [7, 11) is 1.69. The number of hydrogen-bond acceptors (Lipinski definition) is 6. The maximum atomic E-state index is 9.10. The molecular weight excluding hydrogens is 250 g/mol. The molecule has 102 valence electrons. The number of nitrogens with zero attached hydrogens (tertiary/aromatic N) is 2. The maximum absolute atomic E-state index is 9.10. The van der Waals surface area contributed by atoms with Gasteiger partial charge >= 0.3 is 0 Å². The summed E-state index contributed by atoms with van der Waals surface area (Å²) in [4.78, 5) is 4.45. The van der Waals surface area contributed by atoms with Gasteiger partial charge in [0.15, 0.2) is 0 Å². The Morgan fingerprint density at radius 1 is 1.39 bits per heavy atom. The lowest BCUT2D eigenvalue weighted by atomic mass is 9.87. The highest BCUT2D eigenvalue weighted by Gasteiger charge is 2.21. The van der Waals surface area contributed by atoms with E-state index >= 15 is 0 Å². The second kappa shape index (κ2) is 7.01. The highest BCUT2D eigenvalue weighted by molar-refractivity contribution is 7.09. The van der Waals surface area contributed by atoms with Crippen molar-refractivity contribution in [1.82, 2.24) is 9.36 Å². The van der Waals surface area contributed by atoms with Gasteiger partial charge in [0.2, 0.25) is 5.13 Å². The first kappa shape index (κ1) is 13.7. The van der Waals surface area contributed by atoms with Gasteiger partial charge in [-0.25, -0.2) is 4.98 Å². The zero-order valence-electron chi connectivity index (χ0n) is 10.8. The molecule has 1 saturated carbocycles. The maximum Gasteiger partial charge on any atom is 0.202 e. The van der Waals surface area contributed by atoms with Crippen molar-refractivity contribution in [3.8, 4) is 0 Å². The first-order chi connectivity index (χ1) is 8.81. The number of aromatic nitrogens is 2. The summed E-state index contributed by atoms with van der Waals surface area (Å²) in [6.07, 6.45) is 5.19. The standard InChI is InChI=1S/C12H21N3O2S/c1-17-7-6-11-14-12(18-15-11)13-10-4-2-9(8-16)3-5-10/h9-10,16H,2-8H2,1H3,(H,13,14,15). The molecule has 5 nitrogen and oxygen atoms in total. The third-order valence-electron chi connectivity index (χ3n) is 3.43. The number of anilines is 1. The van der Waals surface area contributed by atoms with Crippen LogP contribution in [0, 0.1) is 5.92 Å². The van der Waals surface area contributed by atoms with Crippen molar-refractivity contribution < 1.29 is 9.84 Å². The SMILES string of the molecule is COCCc1nsc(NC2CCC(CO)CC2)n1. The van der Waals surface area contributed by atoms with Gasteiger partial charge in [0, 0.05) is 37.7 Å². The first-order valence-electron chi connectivity index (χ1n) is 6.50. The van der Waals surface area contributed by atoms with Crippen LogP contribution < -0.4 is 5.32 Å². The summed E-state index contributed by atoms with van der Waals surface area (Å²) in [5.74, 6) is 1.35. The molecule has 1 aromatic heterocycles. The van der Waals surface area contributed by atoms with Crippen molar-refractivity contribution in [1.29, 1.82) is 0 Å². The Hall–Kier alpha value is -0.720. The molecule has 2 rings (SSSR count). The van der Waals surface area contributed by atoms with Crippen molar-refractivity contribution >= 4 is 16.7 Å². The van der Waals surface area contributed by atoms with Crippen molar-refractivity contribution in [3.05, 3.63) is 5.82 Å². The Morgan fingerprint density at radius 3 is 2.83 bits per heavy atom. The fourth-order valence-electron chi connectivity index (χ4n) is 2.27. The molecule has 18 heavy (non-hydrogen) atoms. The molecule has 1 fully saturated rings. The van der Waals surface area contributed by atoms with Gasteiger partial charge in [0.05, 0.1) is 6.61 Å². The molecule has 1 aromatic rings. The highest BCUT2D eigenvalue weighted by Crippen LogP contribution is 2.26. The van der Waals surface area contributed by atoms with Crippen LogP contribution in [0.5, 0.6) is 0 Å². The molecule has 0 bridgehead atoms. The Labute approximate surface area is 112 Å². The Bertz CT molecular complexity index is 351. The van der Waals surface area contributed by atoms with Crippen LogP contribution >= 0.6 is 11.5 Å². The van der Waals surface area contributed by atoms with Gasteiger partial charge in [-0.3, -0.25) is 0 Å². The van der Waals surface area contributed by atoms with Crippen LogP contribution in [0.4, 0.5) is 5.13 Å². The van der Waals surface area contributed by atoms with E-state index in [4.69, 9.17) is 9.84 Å². The van der Waals surface area contributed by atoms with Gasteiger partial charge < -0.3 is 15.2 Å². The lowest BCUT2D eigenvalue weighted by Gasteiger charge is -2.27. The molecule has 0 aromatic carbocycles. The van der Waals surface area contributed by atoms with Crippen LogP contribution in [-0.4, -0.2) is 40.8 Å². The molecule has 2 N–H and O–H groups in total. The molecule has 0 aliphatic heterocycles. The fraction of sp³-hybridized carbons (Fsp3) is 0.833. The Morgan fingerprint density at radius 2 is 2.17 bits per heavy atom. The second-order valence-corrected chi connectivity index (χ2v) is 5.55.